The topological polar surface area (TPSA) is 63.5 Å². The summed E-state index contributed by atoms with van der Waals surface area (Å²) in [5, 5.41) is 10.7. The zero-order valence-electron chi connectivity index (χ0n) is 9.08. The molecular formula is C11H12N2O3. The van der Waals surface area contributed by atoms with Crippen LogP contribution in [0.15, 0.2) is 36.5 Å². The van der Waals surface area contributed by atoms with Gasteiger partial charge in [-0.25, -0.2) is 0 Å². The summed E-state index contributed by atoms with van der Waals surface area (Å²) >= 11 is 0. The minimum absolute atomic E-state index is 0.102. The molecule has 1 aromatic carbocycles. The average molecular weight is 220 g/mol. The van der Waals surface area contributed by atoms with Gasteiger partial charge in [-0.1, -0.05) is 12.1 Å². The van der Waals surface area contributed by atoms with Crippen LogP contribution in [0.25, 0.3) is 0 Å². The van der Waals surface area contributed by atoms with Crippen LogP contribution in [0.5, 0.6) is 0 Å². The second-order valence-corrected chi connectivity index (χ2v) is 3.42. The Labute approximate surface area is 93.1 Å². The molecule has 0 aromatic heterocycles. The summed E-state index contributed by atoms with van der Waals surface area (Å²) < 4.78 is 0. The number of hydrogen-bond donors (Lipinski definition) is 0. The van der Waals surface area contributed by atoms with Crippen LogP contribution in [0, 0.1) is 10.1 Å². The Bertz CT molecular complexity index is 439. The van der Waals surface area contributed by atoms with Gasteiger partial charge in [-0.15, -0.1) is 0 Å². The number of carbonyl (C=O) groups excluding carboxylic acids is 1. The molecule has 0 N–H and O–H groups in total. The Morgan fingerprint density at radius 2 is 2.00 bits per heavy atom. The lowest BCUT2D eigenvalue weighted by molar-refractivity contribution is -0.385. The number of nitro groups is 1. The van der Waals surface area contributed by atoms with Crippen LogP contribution in [0.4, 0.5) is 5.69 Å². The number of nitro benzene ring substituents is 1. The second-order valence-electron chi connectivity index (χ2n) is 3.42. The molecule has 0 unspecified atom stereocenters. The number of nitrogens with zero attached hydrogens (tertiary/aromatic N) is 2. The van der Waals surface area contributed by atoms with E-state index in [-0.39, 0.29) is 17.0 Å². The van der Waals surface area contributed by atoms with Crippen molar-refractivity contribution in [2.24, 2.45) is 0 Å². The molecule has 0 aliphatic carbocycles. The molecule has 0 saturated heterocycles. The van der Waals surface area contributed by atoms with E-state index < -0.39 is 4.92 Å². The van der Waals surface area contributed by atoms with Gasteiger partial charge in [-0.3, -0.25) is 14.9 Å². The predicted molar refractivity (Wildman–Crippen MR) is 60.3 cm³/mol. The molecule has 0 aliphatic heterocycles. The highest BCUT2D eigenvalue weighted by Crippen LogP contribution is 2.18. The largest absolute Gasteiger partial charge is 0.383 e. The smallest absolute Gasteiger partial charge is 0.280 e. The van der Waals surface area contributed by atoms with Gasteiger partial charge in [-0.05, 0) is 6.07 Å². The molecule has 84 valence electrons. The van der Waals surface area contributed by atoms with Crippen molar-refractivity contribution in [2.45, 2.75) is 0 Å². The number of benzene rings is 1. The SMILES string of the molecule is CN(C)C=CC(=O)c1ccccc1[N+](=O)[O-]. The van der Waals surface area contributed by atoms with Gasteiger partial charge in [0.25, 0.3) is 5.69 Å². The van der Waals surface area contributed by atoms with Gasteiger partial charge >= 0.3 is 0 Å². The van der Waals surface area contributed by atoms with E-state index >= 15 is 0 Å². The lowest BCUT2D eigenvalue weighted by atomic mass is 10.1. The normalized spacial score (nSPS) is 10.4. The molecule has 1 aromatic rings. The van der Waals surface area contributed by atoms with E-state index in [1.165, 1.54) is 24.3 Å². The molecule has 0 radical (unpaired) electrons. The van der Waals surface area contributed by atoms with Crippen LogP contribution in [0.3, 0.4) is 0 Å². The fraction of sp³-hybridized carbons (Fsp3) is 0.182. The fourth-order valence-electron chi connectivity index (χ4n) is 1.15. The highest BCUT2D eigenvalue weighted by Gasteiger charge is 2.16. The zero-order chi connectivity index (χ0) is 12.1. The summed E-state index contributed by atoms with van der Waals surface area (Å²) in [6.45, 7) is 0. The minimum Gasteiger partial charge on any atom is -0.383 e. The molecule has 5 nitrogen and oxygen atoms in total. The molecule has 0 atom stereocenters. The molecule has 0 saturated carbocycles. The van der Waals surface area contributed by atoms with Crippen LogP contribution in [-0.4, -0.2) is 29.7 Å². The summed E-state index contributed by atoms with van der Waals surface area (Å²) in [5.41, 5.74) is -0.0680. The standard InChI is InChI=1S/C11H12N2O3/c1-12(2)8-7-11(14)9-5-3-4-6-10(9)13(15)16/h3-8H,1-2H3. The van der Waals surface area contributed by atoms with E-state index in [0.717, 1.165) is 0 Å². The van der Waals surface area contributed by atoms with Crippen LogP contribution in [0.1, 0.15) is 10.4 Å². The Morgan fingerprint density at radius 3 is 2.56 bits per heavy atom. The predicted octanol–water partition coefficient (Wildman–Crippen LogP) is 1.85. The number of para-hydroxylation sites is 1. The third kappa shape index (κ3) is 2.91. The zero-order valence-corrected chi connectivity index (χ0v) is 9.08. The number of rotatable bonds is 4. The van der Waals surface area contributed by atoms with E-state index in [2.05, 4.69) is 0 Å². The molecule has 5 heteroatoms. The van der Waals surface area contributed by atoms with Crippen molar-refractivity contribution in [3.8, 4) is 0 Å². The average Bonchev–Trinajstić information content (AvgIpc) is 2.25. The maximum Gasteiger partial charge on any atom is 0.280 e. The van der Waals surface area contributed by atoms with Crippen molar-refractivity contribution < 1.29 is 9.72 Å². The lowest BCUT2D eigenvalue weighted by Gasteiger charge is -2.03. The highest BCUT2D eigenvalue weighted by atomic mass is 16.6. The van der Waals surface area contributed by atoms with Gasteiger partial charge in [0.15, 0.2) is 5.78 Å². The maximum atomic E-state index is 11.7. The fourth-order valence-corrected chi connectivity index (χ4v) is 1.15. The third-order valence-corrected chi connectivity index (χ3v) is 1.89. The first-order chi connectivity index (χ1) is 7.52. The van der Waals surface area contributed by atoms with Crippen molar-refractivity contribution in [1.29, 1.82) is 0 Å². The van der Waals surface area contributed by atoms with Crippen molar-refractivity contribution in [3.63, 3.8) is 0 Å². The van der Waals surface area contributed by atoms with Crippen LogP contribution >= 0.6 is 0 Å². The van der Waals surface area contributed by atoms with Gasteiger partial charge < -0.3 is 4.90 Å². The van der Waals surface area contributed by atoms with Gasteiger partial charge in [-0.2, -0.15) is 0 Å². The molecule has 1 rings (SSSR count). The summed E-state index contributed by atoms with van der Waals surface area (Å²) in [6.07, 6.45) is 2.86. The Morgan fingerprint density at radius 1 is 1.38 bits per heavy atom. The van der Waals surface area contributed by atoms with E-state index in [9.17, 15) is 14.9 Å². The Hall–Kier alpha value is -2.17. The molecule has 0 fully saturated rings. The minimum atomic E-state index is -0.559. The monoisotopic (exact) mass is 220 g/mol. The molecular weight excluding hydrogens is 208 g/mol. The van der Waals surface area contributed by atoms with Crippen LogP contribution < -0.4 is 0 Å². The lowest BCUT2D eigenvalue weighted by Crippen LogP contribution is -2.05. The number of allylic oxidation sites excluding steroid dienone is 1. The Balaban J connectivity index is 3.04. The first-order valence-electron chi connectivity index (χ1n) is 4.64. The van der Waals surface area contributed by atoms with Crippen molar-refractivity contribution >= 4 is 11.5 Å². The first kappa shape index (κ1) is 11.9. The number of ketones is 1. The number of carbonyl (C=O) groups is 1. The van der Waals surface area contributed by atoms with E-state index in [4.69, 9.17) is 0 Å². The quantitative estimate of drug-likeness (QED) is 0.336. The van der Waals surface area contributed by atoms with E-state index in [1.807, 2.05) is 0 Å². The van der Waals surface area contributed by atoms with Crippen LogP contribution in [0.2, 0.25) is 0 Å². The molecule has 0 amide bonds. The van der Waals surface area contributed by atoms with Crippen molar-refractivity contribution in [3.05, 3.63) is 52.2 Å². The summed E-state index contributed by atoms with van der Waals surface area (Å²) in [7, 11) is 3.53. The Kier molecular flexibility index (Phi) is 3.77. The first-order valence-corrected chi connectivity index (χ1v) is 4.64. The van der Waals surface area contributed by atoms with Crippen LogP contribution in [-0.2, 0) is 0 Å². The summed E-state index contributed by atoms with van der Waals surface area (Å²) in [4.78, 5) is 23.5. The van der Waals surface area contributed by atoms with E-state index in [1.54, 1.807) is 31.3 Å². The summed E-state index contributed by atoms with van der Waals surface area (Å²) in [6, 6.07) is 5.89. The molecule has 0 bridgehead atoms. The summed E-state index contributed by atoms with van der Waals surface area (Å²) in [5.74, 6) is -0.374. The van der Waals surface area contributed by atoms with Gasteiger partial charge in [0.1, 0.15) is 0 Å². The van der Waals surface area contributed by atoms with Crippen molar-refractivity contribution in [2.75, 3.05) is 14.1 Å². The van der Waals surface area contributed by atoms with Gasteiger partial charge in [0.2, 0.25) is 0 Å². The number of hydrogen-bond acceptors (Lipinski definition) is 4. The third-order valence-electron chi connectivity index (χ3n) is 1.89. The second kappa shape index (κ2) is 5.06. The molecule has 0 heterocycles. The maximum absolute atomic E-state index is 11.7. The molecule has 0 aliphatic rings. The van der Waals surface area contributed by atoms with Crippen molar-refractivity contribution in [1.82, 2.24) is 4.90 Å². The highest BCUT2D eigenvalue weighted by molar-refractivity contribution is 6.07. The van der Waals surface area contributed by atoms with E-state index in [0.29, 0.717) is 0 Å². The molecule has 0 spiro atoms. The van der Waals surface area contributed by atoms with Gasteiger partial charge in [0, 0.05) is 32.4 Å². The van der Waals surface area contributed by atoms with Gasteiger partial charge in [0.05, 0.1) is 10.5 Å². The molecule has 16 heavy (non-hydrogen) atoms.